The predicted octanol–water partition coefficient (Wildman–Crippen LogP) is 1.83. The van der Waals surface area contributed by atoms with Crippen molar-refractivity contribution in [3.8, 4) is 0 Å². The number of anilines is 1. The van der Waals surface area contributed by atoms with Crippen LogP contribution in [0.4, 0.5) is 10.6 Å². The van der Waals surface area contributed by atoms with E-state index < -0.39 is 6.09 Å². The van der Waals surface area contributed by atoms with E-state index in [-0.39, 0.29) is 6.04 Å². The third kappa shape index (κ3) is 0.828. The van der Waals surface area contributed by atoms with Crippen LogP contribution < -0.4 is 4.90 Å². The topological polar surface area (TPSA) is 53.4 Å². The predicted molar refractivity (Wildman–Crippen MR) is 50.5 cm³/mol. The number of hydrogen-bond donors (Lipinski definition) is 1. The third-order valence-electron chi connectivity index (χ3n) is 3.17. The van der Waals surface area contributed by atoms with E-state index in [9.17, 15) is 4.79 Å². The van der Waals surface area contributed by atoms with Crippen molar-refractivity contribution in [3.05, 3.63) is 23.9 Å². The van der Waals surface area contributed by atoms with Gasteiger partial charge in [0.2, 0.25) is 0 Å². The summed E-state index contributed by atoms with van der Waals surface area (Å²) in [7, 11) is 0. The van der Waals surface area contributed by atoms with Crippen molar-refractivity contribution in [2.75, 3.05) is 4.90 Å². The number of hydrogen-bond acceptors (Lipinski definition) is 2. The molecular formula is C10H10N2O2. The normalized spacial score (nSPS) is 27.9. The molecule has 0 saturated heterocycles. The van der Waals surface area contributed by atoms with Crippen LogP contribution in [0.1, 0.15) is 24.3 Å². The smallest absolute Gasteiger partial charge is 0.413 e. The number of pyridine rings is 1. The highest BCUT2D eigenvalue weighted by Crippen LogP contribution is 2.49. The molecule has 1 saturated carbocycles. The maximum Gasteiger partial charge on any atom is 0.413 e. The highest BCUT2D eigenvalue weighted by Gasteiger charge is 2.45. The van der Waals surface area contributed by atoms with Crippen molar-refractivity contribution in [2.45, 2.75) is 24.8 Å². The lowest BCUT2D eigenvalue weighted by molar-refractivity contribution is 0.187. The zero-order valence-electron chi connectivity index (χ0n) is 7.55. The number of rotatable bonds is 0. The SMILES string of the molecule is O=C(O)N1c2ncccc2C2CC1C2. The van der Waals surface area contributed by atoms with Gasteiger partial charge >= 0.3 is 6.09 Å². The van der Waals surface area contributed by atoms with E-state index in [1.54, 1.807) is 6.20 Å². The Morgan fingerprint density at radius 1 is 1.57 bits per heavy atom. The standard InChI is InChI=1S/C10H10N2O2/c13-10(14)12-7-4-6(5-7)8-2-1-3-11-9(8)12/h1-3,6-7H,4-5H2,(H,13,14). The van der Waals surface area contributed by atoms with Gasteiger partial charge in [-0.3, -0.25) is 4.90 Å². The molecule has 4 nitrogen and oxygen atoms in total. The first kappa shape index (κ1) is 7.79. The molecule has 1 aromatic rings. The van der Waals surface area contributed by atoms with Crippen molar-refractivity contribution >= 4 is 11.9 Å². The van der Waals surface area contributed by atoms with Crippen LogP contribution in [0.3, 0.4) is 0 Å². The molecule has 1 N–H and O–H groups in total. The summed E-state index contributed by atoms with van der Waals surface area (Å²) in [6.45, 7) is 0. The Hall–Kier alpha value is -1.58. The largest absolute Gasteiger partial charge is 0.465 e. The van der Waals surface area contributed by atoms with E-state index in [1.165, 1.54) is 4.90 Å². The molecule has 3 heterocycles. The van der Waals surface area contributed by atoms with Crippen LogP contribution in [0.15, 0.2) is 18.3 Å². The fraction of sp³-hybridized carbons (Fsp3) is 0.400. The highest BCUT2D eigenvalue weighted by atomic mass is 16.4. The molecule has 4 rings (SSSR count). The Balaban J connectivity index is 2.14. The number of nitrogens with zero attached hydrogens (tertiary/aromatic N) is 2. The zero-order chi connectivity index (χ0) is 9.71. The molecule has 0 atom stereocenters. The first-order valence-corrected chi connectivity index (χ1v) is 4.74. The summed E-state index contributed by atoms with van der Waals surface area (Å²) < 4.78 is 0. The minimum atomic E-state index is -0.881. The summed E-state index contributed by atoms with van der Waals surface area (Å²) in [4.78, 5) is 16.6. The van der Waals surface area contributed by atoms with Gasteiger partial charge in [0, 0.05) is 12.2 Å². The van der Waals surface area contributed by atoms with Crippen molar-refractivity contribution in [1.82, 2.24) is 4.98 Å². The van der Waals surface area contributed by atoms with Crippen LogP contribution in [0.25, 0.3) is 0 Å². The Kier molecular flexibility index (Phi) is 1.37. The zero-order valence-corrected chi connectivity index (χ0v) is 7.55. The van der Waals surface area contributed by atoms with Gasteiger partial charge in [-0.05, 0) is 30.4 Å². The van der Waals surface area contributed by atoms with Crippen LogP contribution in [0.2, 0.25) is 0 Å². The first-order chi connectivity index (χ1) is 6.77. The number of carbonyl (C=O) groups is 1. The van der Waals surface area contributed by atoms with Crippen molar-refractivity contribution < 1.29 is 9.90 Å². The summed E-state index contributed by atoms with van der Waals surface area (Å²) in [5.41, 5.74) is 1.09. The molecule has 0 unspecified atom stereocenters. The van der Waals surface area contributed by atoms with Gasteiger partial charge < -0.3 is 5.11 Å². The molecule has 3 aliphatic rings. The number of carboxylic acid groups (broad SMARTS) is 1. The second-order valence-corrected chi connectivity index (χ2v) is 3.89. The number of aromatic nitrogens is 1. The van der Waals surface area contributed by atoms with Crippen molar-refractivity contribution in [3.63, 3.8) is 0 Å². The summed E-state index contributed by atoms with van der Waals surface area (Å²) in [6.07, 6.45) is 2.70. The molecule has 1 aliphatic carbocycles. The van der Waals surface area contributed by atoms with Crippen LogP contribution >= 0.6 is 0 Å². The number of amides is 1. The second kappa shape index (κ2) is 2.47. The molecule has 14 heavy (non-hydrogen) atoms. The summed E-state index contributed by atoms with van der Waals surface area (Å²) >= 11 is 0. The first-order valence-electron chi connectivity index (χ1n) is 4.74. The van der Waals surface area contributed by atoms with Gasteiger partial charge in [0.15, 0.2) is 0 Å². The molecule has 0 aromatic carbocycles. The van der Waals surface area contributed by atoms with Gasteiger partial charge in [-0.15, -0.1) is 0 Å². The van der Waals surface area contributed by atoms with Gasteiger partial charge in [-0.1, -0.05) is 6.07 Å². The molecule has 72 valence electrons. The summed E-state index contributed by atoms with van der Waals surface area (Å²) in [5.74, 6) is 1.19. The maximum absolute atomic E-state index is 11.0. The monoisotopic (exact) mass is 190 g/mol. The lowest BCUT2D eigenvalue weighted by atomic mass is 9.72. The van der Waals surface area contributed by atoms with Crippen LogP contribution in [-0.2, 0) is 0 Å². The third-order valence-corrected chi connectivity index (χ3v) is 3.17. The summed E-state index contributed by atoms with van der Waals surface area (Å²) in [5, 5.41) is 9.07. The Bertz CT molecular complexity index is 399. The van der Waals surface area contributed by atoms with Gasteiger partial charge in [0.25, 0.3) is 0 Å². The molecule has 4 heteroatoms. The van der Waals surface area contributed by atoms with Gasteiger partial charge in [-0.2, -0.15) is 0 Å². The van der Waals surface area contributed by atoms with E-state index in [1.807, 2.05) is 12.1 Å². The van der Waals surface area contributed by atoms with Crippen LogP contribution in [-0.4, -0.2) is 22.2 Å². The van der Waals surface area contributed by atoms with Crippen LogP contribution in [0.5, 0.6) is 0 Å². The summed E-state index contributed by atoms with van der Waals surface area (Å²) in [6, 6.07) is 4.02. The highest BCUT2D eigenvalue weighted by molar-refractivity contribution is 5.88. The van der Waals surface area contributed by atoms with Gasteiger partial charge in [0.05, 0.1) is 0 Å². The average Bonchev–Trinajstić information content (AvgIpc) is 2.14. The Labute approximate surface area is 81.2 Å². The van der Waals surface area contributed by atoms with Crippen molar-refractivity contribution in [2.24, 2.45) is 0 Å². The molecule has 0 spiro atoms. The lowest BCUT2D eigenvalue weighted by Gasteiger charge is -2.47. The lowest BCUT2D eigenvalue weighted by Crippen LogP contribution is -2.51. The van der Waals surface area contributed by atoms with E-state index in [0.29, 0.717) is 11.7 Å². The Morgan fingerprint density at radius 2 is 2.36 bits per heavy atom. The van der Waals surface area contributed by atoms with E-state index in [2.05, 4.69) is 4.98 Å². The minimum absolute atomic E-state index is 0.167. The average molecular weight is 190 g/mol. The molecule has 2 aliphatic heterocycles. The molecule has 1 amide bonds. The van der Waals surface area contributed by atoms with Crippen molar-refractivity contribution in [1.29, 1.82) is 0 Å². The van der Waals surface area contributed by atoms with E-state index >= 15 is 0 Å². The molecular weight excluding hydrogens is 180 g/mol. The minimum Gasteiger partial charge on any atom is -0.465 e. The van der Waals surface area contributed by atoms with E-state index in [0.717, 1.165) is 18.4 Å². The van der Waals surface area contributed by atoms with Crippen LogP contribution in [0, 0.1) is 0 Å². The molecule has 0 radical (unpaired) electrons. The quantitative estimate of drug-likeness (QED) is 0.679. The van der Waals surface area contributed by atoms with Gasteiger partial charge in [0.1, 0.15) is 5.82 Å². The van der Waals surface area contributed by atoms with Gasteiger partial charge in [-0.25, -0.2) is 9.78 Å². The van der Waals surface area contributed by atoms with E-state index in [4.69, 9.17) is 5.11 Å². The molecule has 1 aromatic heterocycles. The fourth-order valence-electron chi connectivity index (χ4n) is 2.40. The molecule has 2 bridgehead atoms. The fourth-order valence-corrected chi connectivity index (χ4v) is 2.40. The molecule has 1 fully saturated rings. The second-order valence-electron chi connectivity index (χ2n) is 3.89. The maximum atomic E-state index is 11.0. The Morgan fingerprint density at radius 3 is 3.07 bits per heavy atom.